The van der Waals surface area contributed by atoms with Crippen LogP contribution in [0.3, 0.4) is 0 Å². The molecule has 0 radical (unpaired) electrons. The predicted octanol–water partition coefficient (Wildman–Crippen LogP) is 5.50. The molecule has 0 amide bonds. The first-order valence-corrected chi connectivity index (χ1v) is 10.7. The van der Waals surface area contributed by atoms with Gasteiger partial charge in [-0.25, -0.2) is 4.79 Å². The highest BCUT2D eigenvalue weighted by atomic mass is 35.5. The summed E-state index contributed by atoms with van der Waals surface area (Å²) in [5.74, 6) is 0.113. The van der Waals surface area contributed by atoms with Crippen LogP contribution in [0.5, 0.6) is 17.2 Å². The number of allylic oxidation sites excluding steroid dienone is 1. The van der Waals surface area contributed by atoms with Crippen molar-refractivity contribution >= 4 is 29.2 Å². The number of rotatable bonds is 5. The summed E-state index contributed by atoms with van der Waals surface area (Å²) in [6, 6.07) is 19.5. The van der Waals surface area contributed by atoms with Gasteiger partial charge in [0, 0.05) is 11.6 Å². The molecule has 4 rings (SSSR count). The number of hydrogen-bond donors (Lipinski definition) is 1. The average molecular weight is 481 g/mol. The van der Waals surface area contributed by atoms with E-state index in [-0.39, 0.29) is 23.8 Å². The van der Waals surface area contributed by atoms with Crippen molar-refractivity contribution in [2.75, 3.05) is 6.61 Å². The SMILES string of the molecule is Cc1ccccc1OCC(=O)Oc1ccc2c(c1)OC(N)=C(C#N)C2c1ccc(Cl)c(Cl)c1. The lowest BCUT2D eigenvalue weighted by Gasteiger charge is -2.27. The zero-order valence-electron chi connectivity index (χ0n) is 17.5. The van der Waals surface area contributed by atoms with Crippen molar-refractivity contribution in [2.45, 2.75) is 12.8 Å². The summed E-state index contributed by atoms with van der Waals surface area (Å²) in [6.07, 6.45) is 0. The van der Waals surface area contributed by atoms with E-state index in [2.05, 4.69) is 6.07 Å². The molecule has 1 aliphatic heterocycles. The van der Waals surface area contributed by atoms with Gasteiger partial charge in [0.1, 0.15) is 28.9 Å². The third-order valence-corrected chi connectivity index (χ3v) is 5.88. The highest BCUT2D eigenvalue weighted by molar-refractivity contribution is 6.42. The number of halogens is 2. The first kappa shape index (κ1) is 22.5. The van der Waals surface area contributed by atoms with E-state index in [4.69, 9.17) is 43.1 Å². The number of carbonyl (C=O) groups excluding carboxylic acids is 1. The molecule has 33 heavy (non-hydrogen) atoms. The number of carbonyl (C=O) groups is 1. The lowest BCUT2D eigenvalue weighted by molar-refractivity contribution is -0.136. The van der Waals surface area contributed by atoms with Gasteiger partial charge in [0.05, 0.1) is 16.0 Å². The van der Waals surface area contributed by atoms with E-state index >= 15 is 0 Å². The van der Waals surface area contributed by atoms with Gasteiger partial charge in [-0.05, 0) is 42.3 Å². The Labute approximate surface area is 200 Å². The van der Waals surface area contributed by atoms with Gasteiger partial charge >= 0.3 is 5.97 Å². The molecule has 0 bridgehead atoms. The standard InChI is InChI=1S/C25H18Cl2N2O4/c1-14-4-2-3-5-21(14)31-13-23(30)32-16-7-8-17-22(11-16)33-25(29)18(12-28)24(17)15-6-9-19(26)20(27)10-15/h2-11,24H,13,29H2,1H3. The van der Waals surface area contributed by atoms with Crippen LogP contribution in [0.2, 0.25) is 10.0 Å². The Morgan fingerprint density at radius 3 is 2.64 bits per heavy atom. The second kappa shape index (κ2) is 9.45. The lowest BCUT2D eigenvalue weighted by Crippen LogP contribution is -2.21. The van der Waals surface area contributed by atoms with Crippen LogP contribution in [-0.4, -0.2) is 12.6 Å². The fourth-order valence-electron chi connectivity index (χ4n) is 3.55. The molecule has 1 aliphatic rings. The van der Waals surface area contributed by atoms with Gasteiger partial charge in [0.2, 0.25) is 5.88 Å². The molecular formula is C25H18Cl2N2O4. The number of nitriles is 1. The van der Waals surface area contributed by atoms with Gasteiger partial charge in [0.25, 0.3) is 0 Å². The summed E-state index contributed by atoms with van der Waals surface area (Å²) in [6.45, 7) is 1.63. The number of nitrogens with zero attached hydrogens (tertiary/aromatic N) is 1. The molecule has 166 valence electrons. The van der Waals surface area contributed by atoms with Gasteiger partial charge < -0.3 is 19.9 Å². The van der Waals surface area contributed by atoms with Crippen molar-refractivity contribution in [1.82, 2.24) is 0 Å². The number of fused-ring (bicyclic) bond motifs is 1. The van der Waals surface area contributed by atoms with E-state index < -0.39 is 11.9 Å². The molecule has 3 aromatic rings. The zero-order chi connectivity index (χ0) is 23.5. The maximum absolute atomic E-state index is 12.3. The van der Waals surface area contributed by atoms with E-state index in [0.29, 0.717) is 27.1 Å². The normalized spacial score (nSPS) is 14.7. The number of aryl methyl sites for hydroxylation is 1. The second-order valence-corrected chi connectivity index (χ2v) is 8.14. The van der Waals surface area contributed by atoms with Crippen molar-refractivity contribution in [3.05, 3.63) is 98.9 Å². The highest BCUT2D eigenvalue weighted by Crippen LogP contribution is 2.44. The van der Waals surface area contributed by atoms with E-state index in [9.17, 15) is 10.1 Å². The number of hydrogen-bond acceptors (Lipinski definition) is 6. The van der Waals surface area contributed by atoms with Gasteiger partial charge in [-0.15, -0.1) is 0 Å². The molecular weight excluding hydrogens is 463 g/mol. The molecule has 3 aromatic carbocycles. The Balaban J connectivity index is 1.57. The molecule has 0 spiro atoms. The number of ether oxygens (including phenoxy) is 3. The summed E-state index contributed by atoms with van der Waals surface area (Å²) in [4.78, 5) is 12.3. The summed E-state index contributed by atoms with van der Waals surface area (Å²) >= 11 is 12.2. The predicted molar refractivity (Wildman–Crippen MR) is 125 cm³/mol. The van der Waals surface area contributed by atoms with Crippen molar-refractivity contribution < 1.29 is 19.0 Å². The van der Waals surface area contributed by atoms with E-state index in [1.54, 1.807) is 42.5 Å². The molecule has 0 aromatic heterocycles. The maximum Gasteiger partial charge on any atom is 0.349 e. The summed E-state index contributed by atoms with van der Waals surface area (Å²) in [7, 11) is 0. The molecule has 1 heterocycles. The maximum atomic E-state index is 12.3. The largest absolute Gasteiger partial charge is 0.482 e. The minimum Gasteiger partial charge on any atom is -0.482 e. The van der Waals surface area contributed by atoms with Gasteiger partial charge in [-0.1, -0.05) is 53.5 Å². The van der Waals surface area contributed by atoms with Crippen LogP contribution in [0.15, 0.2) is 72.1 Å². The molecule has 8 heteroatoms. The molecule has 0 aliphatic carbocycles. The van der Waals surface area contributed by atoms with Gasteiger partial charge in [-0.3, -0.25) is 0 Å². The summed E-state index contributed by atoms with van der Waals surface area (Å²) in [5, 5.41) is 10.4. The average Bonchev–Trinajstić information content (AvgIpc) is 2.79. The Kier molecular flexibility index (Phi) is 6.45. The number of nitrogens with two attached hydrogens (primary N) is 1. The molecule has 1 atom stereocenters. The van der Waals surface area contributed by atoms with Crippen LogP contribution in [0.4, 0.5) is 0 Å². The Morgan fingerprint density at radius 2 is 1.91 bits per heavy atom. The molecule has 0 fully saturated rings. The van der Waals surface area contributed by atoms with Crippen LogP contribution in [0, 0.1) is 18.3 Å². The van der Waals surface area contributed by atoms with Crippen molar-refractivity contribution in [3.8, 4) is 23.3 Å². The van der Waals surface area contributed by atoms with E-state index in [1.807, 2.05) is 25.1 Å². The van der Waals surface area contributed by atoms with Crippen molar-refractivity contribution in [3.63, 3.8) is 0 Å². The van der Waals surface area contributed by atoms with E-state index in [1.165, 1.54) is 0 Å². The molecule has 0 saturated carbocycles. The highest BCUT2D eigenvalue weighted by Gasteiger charge is 2.31. The van der Waals surface area contributed by atoms with Crippen LogP contribution in [0.1, 0.15) is 22.6 Å². The number of esters is 1. The monoisotopic (exact) mass is 480 g/mol. The number of benzene rings is 3. The Bertz CT molecular complexity index is 1310. The summed E-state index contributed by atoms with van der Waals surface area (Å²) in [5.41, 5.74) is 8.59. The summed E-state index contributed by atoms with van der Waals surface area (Å²) < 4.78 is 16.6. The quantitative estimate of drug-likeness (QED) is 0.382. The number of para-hydroxylation sites is 1. The Hall–Kier alpha value is -3.66. The van der Waals surface area contributed by atoms with Gasteiger partial charge in [0.15, 0.2) is 6.61 Å². The molecule has 6 nitrogen and oxygen atoms in total. The minimum absolute atomic E-state index is 0.0348. The third kappa shape index (κ3) is 4.75. The van der Waals surface area contributed by atoms with Gasteiger partial charge in [-0.2, -0.15) is 5.26 Å². The Morgan fingerprint density at radius 1 is 1.12 bits per heavy atom. The molecule has 1 unspecified atom stereocenters. The minimum atomic E-state index is -0.573. The fourth-order valence-corrected chi connectivity index (χ4v) is 3.86. The van der Waals surface area contributed by atoms with Crippen LogP contribution < -0.4 is 19.9 Å². The smallest absolute Gasteiger partial charge is 0.349 e. The molecule has 2 N–H and O–H groups in total. The van der Waals surface area contributed by atoms with E-state index in [0.717, 1.165) is 11.1 Å². The van der Waals surface area contributed by atoms with Crippen molar-refractivity contribution in [1.29, 1.82) is 5.26 Å². The lowest BCUT2D eigenvalue weighted by atomic mass is 9.83. The second-order valence-electron chi connectivity index (χ2n) is 7.33. The van der Waals surface area contributed by atoms with Crippen LogP contribution >= 0.6 is 23.2 Å². The van der Waals surface area contributed by atoms with Crippen molar-refractivity contribution in [2.24, 2.45) is 5.73 Å². The van der Waals surface area contributed by atoms with Crippen LogP contribution in [0.25, 0.3) is 0 Å². The third-order valence-electron chi connectivity index (χ3n) is 5.14. The zero-order valence-corrected chi connectivity index (χ0v) is 19.0. The van der Waals surface area contributed by atoms with Crippen LogP contribution in [-0.2, 0) is 4.79 Å². The first-order valence-electron chi connectivity index (χ1n) is 9.93. The fraction of sp³-hybridized carbons (Fsp3) is 0.120. The first-order chi connectivity index (χ1) is 15.9. The molecule has 0 saturated heterocycles. The topological polar surface area (TPSA) is 94.6 Å².